The average molecular weight is 528 g/mol. The molecule has 1 aromatic heterocycles. The van der Waals surface area contributed by atoms with Crippen LogP contribution >= 0.6 is 0 Å². The van der Waals surface area contributed by atoms with Crippen molar-refractivity contribution < 1.29 is 37.3 Å². The average Bonchev–Trinajstić information content (AvgIpc) is 3.62. The molecule has 2 aliphatic rings. The van der Waals surface area contributed by atoms with Gasteiger partial charge in [-0.1, -0.05) is 0 Å². The van der Waals surface area contributed by atoms with Gasteiger partial charge in [-0.2, -0.15) is 0 Å². The maximum absolute atomic E-state index is 14.3. The van der Waals surface area contributed by atoms with Crippen molar-refractivity contribution >= 4 is 11.8 Å². The molecule has 1 saturated carbocycles. The Morgan fingerprint density at radius 2 is 1.71 bits per heavy atom. The molecule has 2 amide bonds. The number of fused-ring (bicyclic) bond motifs is 3. The maximum atomic E-state index is 14.3. The van der Waals surface area contributed by atoms with Gasteiger partial charge in [-0.3, -0.25) is 5.32 Å². The number of carbonyl (C=O) groups is 1. The number of nitrogens with one attached hydrogen (secondary N) is 2. The van der Waals surface area contributed by atoms with Gasteiger partial charge in [0.05, 0.1) is 32.6 Å². The second-order valence-electron chi connectivity index (χ2n) is 8.80. The van der Waals surface area contributed by atoms with Gasteiger partial charge < -0.3 is 29.0 Å². The van der Waals surface area contributed by atoms with Crippen LogP contribution in [0.5, 0.6) is 23.0 Å². The Morgan fingerprint density at radius 1 is 0.974 bits per heavy atom. The van der Waals surface area contributed by atoms with Crippen molar-refractivity contribution in [2.75, 3.05) is 45.5 Å². The number of hydrogen-bond acceptors (Lipinski definition) is 7. The summed E-state index contributed by atoms with van der Waals surface area (Å²) < 4.78 is 55.3. The Labute approximate surface area is 218 Å². The first-order valence-corrected chi connectivity index (χ1v) is 12.1. The number of aromatic nitrogens is 1. The van der Waals surface area contributed by atoms with E-state index < -0.39 is 17.7 Å². The maximum Gasteiger partial charge on any atom is 0.320 e. The van der Waals surface area contributed by atoms with E-state index in [1.54, 1.807) is 43.5 Å². The van der Waals surface area contributed by atoms with Gasteiger partial charge in [0.2, 0.25) is 0 Å². The number of ether oxygens (including phenoxy) is 5. The van der Waals surface area contributed by atoms with Crippen LogP contribution in [0.25, 0.3) is 0 Å². The van der Waals surface area contributed by atoms with E-state index in [0.717, 1.165) is 12.1 Å². The summed E-state index contributed by atoms with van der Waals surface area (Å²) in [5.74, 6) is 0.424. The standard InChI is InChI=1S/C27H27F2N3O6/c1-34-10-11-35-12-13-36-16-2-4-17(5-3-16)38-18-6-9-22(30-14-18)31-27(33)32-25-19-15-37-26-21(29)8-7-20(28)24(26)23(19)25/h2-9,14,19,23,25H,10-13,15H2,1H3,(H2,30,31,32,33)/t19-,23-,25-/m1/s1. The van der Waals surface area contributed by atoms with Crippen molar-refractivity contribution in [1.82, 2.24) is 10.3 Å². The highest BCUT2D eigenvalue weighted by molar-refractivity contribution is 5.89. The number of methoxy groups -OCH3 is 1. The number of rotatable bonds is 11. The largest absolute Gasteiger partial charge is 0.491 e. The molecule has 0 radical (unpaired) electrons. The lowest BCUT2D eigenvalue weighted by atomic mass is 10.0. The predicted molar refractivity (Wildman–Crippen MR) is 133 cm³/mol. The minimum Gasteiger partial charge on any atom is -0.491 e. The summed E-state index contributed by atoms with van der Waals surface area (Å²) in [6, 6.07) is 11.7. The summed E-state index contributed by atoms with van der Waals surface area (Å²) in [7, 11) is 1.62. The summed E-state index contributed by atoms with van der Waals surface area (Å²) in [4.78, 5) is 16.7. The van der Waals surface area contributed by atoms with E-state index in [9.17, 15) is 13.6 Å². The molecular formula is C27H27F2N3O6. The third-order valence-corrected chi connectivity index (χ3v) is 6.28. The topological polar surface area (TPSA) is 100 Å². The molecule has 1 aliphatic heterocycles. The van der Waals surface area contributed by atoms with Crippen LogP contribution in [0.4, 0.5) is 19.4 Å². The van der Waals surface area contributed by atoms with Crippen LogP contribution in [0.2, 0.25) is 0 Å². The monoisotopic (exact) mass is 527 g/mol. The number of carbonyl (C=O) groups excluding carboxylic acids is 1. The molecule has 2 aromatic carbocycles. The Bertz CT molecular complexity index is 1260. The van der Waals surface area contributed by atoms with Crippen molar-refractivity contribution in [3.05, 3.63) is 71.9 Å². The first-order chi connectivity index (χ1) is 18.5. The number of hydrogen-bond donors (Lipinski definition) is 2. The molecule has 1 fully saturated rings. The zero-order chi connectivity index (χ0) is 26.5. The SMILES string of the molecule is COCCOCCOc1ccc(Oc2ccc(NC(=O)N[C@@H]3[C@@H]4COc5c(F)ccc(F)c5[C@@H]43)nc2)cc1. The molecule has 0 spiro atoms. The van der Waals surface area contributed by atoms with Gasteiger partial charge in [-0.25, -0.2) is 18.6 Å². The normalized spacial score (nSPS) is 19.0. The van der Waals surface area contributed by atoms with Crippen LogP contribution in [0.1, 0.15) is 11.5 Å². The molecule has 5 rings (SSSR count). The number of anilines is 1. The molecule has 0 bridgehead atoms. The van der Waals surface area contributed by atoms with Gasteiger partial charge in [-0.05, 0) is 48.5 Å². The Hall–Kier alpha value is -3.96. The molecule has 3 aromatic rings. The van der Waals surface area contributed by atoms with Crippen LogP contribution < -0.4 is 24.8 Å². The second kappa shape index (κ2) is 11.6. The highest BCUT2D eigenvalue weighted by Gasteiger charge is 2.57. The van der Waals surface area contributed by atoms with Crippen molar-refractivity contribution in [3.8, 4) is 23.0 Å². The molecule has 3 atom stereocenters. The fourth-order valence-electron chi connectivity index (χ4n) is 4.38. The van der Waals surface area contributed by atoms with E-state index >= 15 is 0 Å². The van der Waals surface area contributed by atoms with Gasteiger partial charge >= 0.3 is 6.03 Å². The highest BCUT2D eigenvalue weighted by atomic mass is 19.1. The quantitative estimate of drug-likeness (QED) is 0.355. The molecule has 200 valence electrons. The lowest BCUT2D eigenvalue weighted by Crippen LogP contribution is -2.32. The molecule has 2 heterocycles. The van der Waals surface area contributed by atoms with E-state index in [1.165, 1.54) is 6.20 Å². The van der Waals surface area contributed by atoms with Gasteiger partial charge in [-0.15, -0.1) is 0 Å². The van der Waals surface area contributed by atoms with E-state index in [4.69, 9.17) is 23.7 Å². The fourth-order valence-corrected chi connectivity index (χ4v) is 4.38. The Morgan fingerprint density at radius 3 is 2.47 bits per heavy atom. The van der Waals surface area contributed by atoms with Gasteiger partial charge in [0.15, 0.2) is 11.6 Å². The molecule has 38 heavy (non-hydrogen) atoms. The van der Waals surface area contributed by atoms with Crippen molar-refractivity contribution in [2.24, 2.45) is 5.92 Å². The second-order valence-corrected chi connectivity index (χ2v) is 8.80. The fraction of sp³-hybridized carbons (Fsp3) is 0.333. The van der Waals surface area contributed by atoms with E-state index in [1.807, 2.05) is 0 Å². The summed E-state index contributed by atoms with van der Waals surface area (Å²) in [5, 5.41) is 5.45. The van der Waals surface area contributed by atoms with Crippen molar-refractivity contribution in [2.45, 2.75) is 12.0 Å². The smallest absolute Gasteiger partial charge is 0.320 e. The summed E-state index contributed by atoms with van der Waals surface area (Å²) in [5.41, 5.74) is 0.178. The van der Waals surface area contributed by atoms with Crippen LogP contribution in [0, 0.1) is 17.6 Å². The third kappa shape index (κ3) is 5.95. The third-order valence-electron chi connectivity index (χ3n) is 6.28. The van der Waals surface area contributed by atoms with E-state index in [-0.39, 0.29) is 35.8 Å². The molecule has 9 nitrogen and oxygen atoms in total. The Balaban J connectivity index is 1.08. The summed E-state index contributed by atoms with van der Waals surface area (Å²) >= 11 is 0. The number of amides is 2. The summed E-state index contributed by atoms with van der Waals surface area (Å²) in [6.07, 6.45) is 1.48. The first-order valence-electron chi connectivity index (χ1n) is 12.1. The Kier molecular flexibility index (Phi) is 7.85. The van der Waals surface area contributed by atoms with E-state index in [0.29, 0.717) is 49.5 Å². The number of nitrogens with zero attached hydrogens (tertiary/aromatic N) is 1. The number of benzene rings is 2. The van der Waals surface area contributed by atoms with Crippen LogP contribution in [-0.4, -0.2) is 57.2 Å². The molecule has 1 aliphatic carbocycles. The minimum absolute atomic E-state index is 0.0706. The lowest BCUT2D eigenvalue weighted by molar-refractivity contribution is 0.0544. The number of halogens is 2. The predicted octanol–water partition coefficient (Wildman–Crippen LogP) is 4.49. The molecule has 0 saturated heterocycles. The van der Waals surface area contributed by atoms with Crippen LogP contribution in [-0.2, 0) is 9.47 Å². The first kappa shape index (κ1) is 25.7. The molecule has 11 heteroatoms. The van der Waals surface area contributed by atoms with Gasteiger partial charge in [0.25, 0.3) is 0 Å². The zero-order valence-corrected chi connectivity index (χ0v) is 20.6. The highest BCUT2D eigenvalue weighted by Crippen LogP contribution is 2.55. The van der Waals surface area contributed by atoms with Gasteiger partial charge in [0.1, 0.15) is 35.5 Å². The van der Waals surface area contributed by atoms with Crippen molar-refractivity contribution in [1.29, 1.82) is 0 Å². The van der Waals surface area contributed by atoms with Crippen LogP contribution in [0.15, 0.2) is 54.7 Å². The lowest BCUT2D eigenvalue weighted by Gasteiger charge is -2.16. The van der Waals surface area contributed by atoms with Gasteiger partial charge in [0, 0.05) is 30.6 Å². The molecule has 0 unspecified atom stereocenters. The minimum atomic E-state index is -0.606. The van der Waals surface area contributed by atoms with E-state index in [2.05, 4.69) is 15.6 Å². The van der Waals surface area contributed by atoms with Crippen LogP contribution in [0.3, 0.4) is 0 Å². The molecular weight excluding hydrogens is 500 g/mol. The molecule has 2 N–H and O–H groups in total. The zero-order valence-electron chi connectivity index (χ0n) is 20.6. The number of urea groups is 1. The van der Waals surface area contributed by atoms with Crippen molar-refractivity contribution in [3.63, 3.8) is 0 Å². The summed E-state index contributed by atoms with van der Waals surface area (Å²) in [6.45, 7) is 2.17. The number of pyridine rings is 1.